The minimum atomic E-state index is -0.374. The van der Waals surface area contributed by atoms with Gasteiger partial charge < -0.3 is 5.32 Å². The van der Waals surface area contributed by atoms with Gasteiger partial charge in [-0.05, 0) is 68.4 Å². The molecule has 1 saturated heterocycles. The lowest BCUT2D eigenvalue weighted by Gasteiger charge is -2.13. The van der Waals surface area contributed by atoms with E-state index in [1.165, 1.54) is 12.1 Å². The maximum atomic E-state index is 13.2. The Balaban J connectivity index is 1.40. The Kier molecular flexibility index (Phi) is 6.65. The van der Waals surface area contributed by atoms with Crippen LogP contribution >= 0.6 is 11.8 Å². The van der Waals surface area contributed by atoms with Crippen molar-refractivity contribution in [1.82, 2.24) is 20.0 Å². The highest BCUT2D eigenvalue weighted by atomic mass is 32.2. The smallest absolute Gasteiger partial charge is 0.293 e. The molecule has 4 rings (SSSR count). The van der Waals surface area contributed by atoms with Gasteiger partial charge in [-0.2, -0.15) is 5.10 Å². The lowest BCUT2D eigenvalue weighted by atomic mass is 10.1. The van der Waals surface area contributed by atoms with E-state index in [-0.39, 0.29) is 36.0 Å². The van der Waals surface area contributed by atoms with Gasteiger partial charge in [-0.1, -0.05) is 29.8 Å². The number of aromatic nitrogens is 2. The maximum Gasteiger partial charge on any atom is 0.293 e. The van der Waals surface area contributed by atoms with Crippen LogP contribution in [0, 0.1) is 26.6 Å². The molecule has 9 heteroatoms. The van der Waals surface area contributed by atoms with E-state index in [0.717, 1.165) is 27.8 Å². The van der Waals surface area contributed by atoms with Gasteiger partial charge in [-0.15, -0.1) is 0 Å². The summed E-state index contributed by atoms with van der Waals surface area (Å²) in [5.41, 5.74) is 4.11. The molecule has 34 heavy (non-hydrogen) atoms. The van der Waals surface area contributed by atoms with Gasteiger partial charge in [0.2, 0.25) is 0 Å². The summed E-state index contributed by atoms with van der Waals surface area (Å²) < 4.78 is 14.8. The molecule has 1 fully saturated rings. The number of aryl methyl sites for hydroxylation is 2. The third-order valence-electron chi connectivity index (χ3n) is 5.46. The third kappa shape index (κ3) is 4.79. The zero-order valence-electron chi connectivity index (χ0n) is 19.0. The first-order valence-electron chi connectivity index (χ1n) is 10.7. The van der Waals surface area contributed by atoms with Crippen LogP contribution in [0.5, 0.6) is 0 Å². The van der Waals surface area contributed by atoms with Gasteiger partial charge in [-0.25, -0.2) is 9.07 Å². The van der Waals surface area contributed by atoms with E-state index in [2.05, 4.69) is 10.4 Å². The van der Waals surface area contributed by atoms with Crippen molar-refractivity contribution in [3.63, 3.8) is 0 Å². The second-order valence-electron chi connectivity index (χ2n) is 7.93. The monoisotopic (exact) mass is 478 g/mol. The van der Waals surface area contributed by atoms with Crippen molar-refractivity contribution >= 4 is 34.9 Å². The molecule has 1 N–H and O–H groups in total. The highest BCUT2D eigenvalue weighted by Gasteiger charge is 2.34. The molecule has 0 radical (unpaired) electrons. The van der Waals surface area contributed by atoms with Crippen molar-refractivity contribution in [2.45, 2.75) is 20.8 Å². The highest BCUT2D eigenvalue weighted by molar-refractivity contribution is 8.18. The van der Waals surface area contributed by atoms with Crippen molar-refractivity contribution in [2.24, 2.45) is 0 Å². The Morgan fingerprint density at radius 3 is 2.41 bits per heavy atom. The van der Waals surface area contributed by atoms with E-state index in [1.54, 1.807) is 36.7 Å². The first-order valence-corrected chi connectivity index (χ1v) is 11.5. The summed E-state index contributed by atoms with van der Waals surface area (Å²) in [6.07, 6.45) is 1.69. The summed E-state index contributed by atoms with van der Waals surface area (Å²) in [4.78, 5) is 39.4. The molecule has 1 aliphatic rings. The van der Waals surface area contributed by atoms with Gasteiger partial charge in [0.25, 0.3) is 17.1 Å². The first-order chi connectivity index (χ1) is 16.2. The van der Waals surface area contributed by atoms with Gasteiger partial charge in [-0.3, -0.25) is 19.3 Å². The Bertz CT molecular complexity index is 1300. The van der Waals surface area contributed by atoms with Crippen LogP contribution < -0.4 is 5.32 Å². The maximum absolute atomic E-state index is 13.2. The number of amides is 3. The van der Waals surface area contributed by atoms with E-state index in [4.69, 9.17) is 0 Å². The molecule has 0 bridgehead atoms. The number of carbonyl (C=O) groups is 3. The number of nitrogens with zero attached hydrogens (tertiary/aromatic N) is 3. The van der Waals surface area contributed by atoms with E-state index in [0.29, 0.717) is 27.5 Å². The SMILES string of the molecule is Cc1ccc(/C=C2\SC(=O)N(CCNC(=O)c3c(C)nn(-c4ccc(F)cc4)c3C)C2=O)cc1. The Labute approximate surface area is 200 Å². The molecule has 0 aliphatic carbocycles. The van der Waals surface area contributed by atoms with Gasteiger partial charge in [0.1, 0.15) is 5.82 Å². The Hall–Kier alpha value is -3.72. The summed E-state index contributed by atoms with van der Waals surface area (Å²) in [6, 6.07) is 13.5. The average molecular weight is 479 g/mol. The number of nitrogens with one attached hydrogen (secondary N) is 1. The molecule has 174 valence electrons. The van der Waals surface area contributed by atoms with Gasteiger partial charge in [0.15, 0.2) is 0 Å². The molecule has 0 atom stereocenters. The lowest BCUT2D eigenvalue weighted by Crippen LogP contribution is -2.37. The van der Waals surface area contributed by atoms with E-state index >= 15 is 0 Å². The third-order valence-corrected chi connectivity index (χ3v) is 6.37. The number of imide groups is 1. The van der Waals surface area contributed by atoms with E-state index in [1.807, 2.05) is 31.2 Å². The number of halogens is 1. The number of thioether (sulfide) groups is 1. The minimum absolute atomic E-state index is 0.0613. The standard InChI is InChI=1S/C25H23FN4O3S/c1-15-4-6-18(7-5-15)14-21-24(32)29(25(33)34-21)13-12-27-23(31)22-16(2)28-30(17(22)3)20-10-8-19(26)9-11-20/h4-11,14H,12-13H2,1-3H3,(H,27,31)/b21-14-. The Morgan fingerprint density at radius 1 is 1.06 bits per heavy atom. The number of rotatable bonds is 6. The molecule has 0 unspecified atom stereocenters. The van der Waals surface area contributed by atoms with Crippen LogP contribution in [-0.4, -0.2) is 44.8 Å². The summed E-state index contributed by atoms with van der Waals surface area (Å²) >= 11 is 0.889. The van der Waals surface area contributed by atoms with Crippen molar-refractivity contribution in [3.8, 4) is 5.69 Å². The van der Waals surface area contributed by atoms with Crippen LogP contribution in [0.4, 0.5) is 9.18 Å². The van der Waals surface area contributed by atoms with Crippen LogP contribution in [0.1, 0.15) is 32.9 Å². The lowest BCUT2D eigenvalue weighted by molar-refractivity contribution is -0.122. The van der Waals surface area contributed by atoms with E-state index in [9.17, 15) is 18.8 Å². The number of hydrogen-bond acceptors (Lipinski definition) is 5. The molecule has 0 spiro atoms. The molecule has 3 aromatic rings. The topological polar surface area (TPSA) is 84.3 Å². The molecule has 3 amide bonds. The fourth-order valence-electron chi connectivity index (χ4n) is 3.68. The quantitative estimate of drug-likeness (QED) is 0.531. The van der Waals surface area contributed by atoms with Crippen molar-refractivity contribution in [3.05, 3.63) is 87.3 Å². The fourth-order valence-corrected chi connectivity index (χ4v) is 4.55. The summed E-state index contributed by atoms with van der Waals surface area (Å²) in [7, 11) is 0. The predicted octanol–water partition coefficient (Wildman–Crippen LogP) is 4.40. The van der Waals surface area contributed by atoms with Crippen LogP contribution in [0.2, 0.25) is 0 Å². The predicted molar refractivity (Wildman–Crippen MR) is 129 cm³/mol. The molecular formula is C25H23FN4O3S. The summed E-state index contributed by atoms with van der Waals surface area (Å²) in [5.74, 6) is -1.09. The molecule has 2 aromatic carbocycles. The highest BCUT2D eigenvalue weighted by Crippen LogP contribution is 2.32. The second kappa shape index (κ2) is 9.64. The molecular weight excluding hydrogens is 455 g/mol. The number of benzene rings is 2. The normalized spacial score (nSPS) is 14.8. The van der Waals surface area contributed by atoms with Crippen LogP contribution in [-0.2, 0) is 4.79 Å². The molecule has 7 nitrogen and oxygen atoms in total. The van der Waals surface area contributed by atoms with Gasteiger partial charge in [0.05, 0.1) is 27.5 Å². The van der Waals surface area contributed by atoms with Crippen molar-refractivity contribution in [2.75, 3.05) is 13.1 Å². The number of carbonyl (C=O) groups excluding carboxylic acids is 3. The van der Waals surface area contributed by atoms with Crippen molar-refractivity contribution < 1.29 is 18.8 Å². The second-order valence-corrected chi connectivity index (χ2v) is 8.93. The van der Waals surface area contributed by atoms with Crippen molar-refractivity contribution in [1.29, 1.82) is 0 Å². The van der Waals surface area contributed by atoms with Crippen LogP contribution in [0.25, 0.3) is 11.8 Å². The van der Waals surface area contributed by atoms with Crippen LogP contribution in [0.15, 0.2) is 53.4 Å². The fraction of sp³-hybridized carbons (Fsp3) is 0.200. The average Bonchev–Trinajstić information content (AvgIpc) is 3.25. The molecule has 1 aliphatic heterocycles. The van der Waals surface area contributed by atoms with Crippen LogP contribution in [0.3, 0.4) is 0 Å². The Morgan fingerprint density at radius 2 is 1.74 bits per heavy atom. The first kappa shape index (κ1) is 23.4. The van der Waals surface area contributed by atoms with E-state index < -0.39 is 0 Å². The minimum Gasteiger partial charge on any atom is -0.350 e. The summed E-state index contributed by atoms with van der Waals surface area (Å²) in [6.45, 7) is 5.61. The molecule has 1 aromatic heterocycles. The summed E-state index contributed by atoms with van der Waals surface area (Å²) in [5, 5.41) is 6.80. The van der Waals surface area contributed by atoms with Gasteiger partial charge >= 0.3 is 0 Å². The van der Waals surface area contributed by atoms with Gasteiger partial charge in [0, 0.05) is 13.1 Å². The molecule has 2 heterocycles. The molecule has 0 saturated carbocycles. The zero-order valence-corrected chi connectivity index (χ0v) is 19.8. The zero-order chi connectivity index (χ0) is 24.4. The largest absolute Gasteiger partial charge is 0.350 e. The number of hydrogen-bond donors (Lipinski definition) is 1.